The van der Waals surface area contributed by atoms with Gasteiger partial charge in [-0.1, -0.05) is 44.2 Å². The average Bonchev–Trinajstić information content (AvgIpc) is 3.00. The number of carbonyl (C=O) groups is 4. The zero-order valence-electron chi connectivity index (χ0n) is 27.0. The molecule has 2 fully saturated rings. The highest BCUT2D eigenvalue weighted by Crippen LogP contribution is 2.42. The highest BCUT2D eigenvalue weighted by atomic mass is 16.6. The fourth-order valence-corrected chi connectivity index (χ4v) is 6.38. The Morgan fingerprint density at radius 3 is 2.47 bits per heavy atom. The minimum atomic E-state index is -1.12. The second-order valence-electron chi connectivity index (χ2n) is 13.6. The molecule has 3 aliphatic rings. The number of rotatable bonds is 1. The first kappa shape index (κ1) is 32.6. The zero-order valence-corrected chi connectivity index (χ0v) is 27.0. The van der Waals surface area contributed by atoms with Crippen LogP contribution >= 0.6 is 0 Å². The number of cyclic esters (lactones) is 1. The van der Waals surface area contributed by atoms with Crippen LogP contribution in [0, 0.1) is 11.3 Å². The molecule has 1 aromatic heterocycles. The lowest BCUT2D eigenvalue weighted by molar-refractivity contribution is -0.177. The number of amides is 3. The molecule has 1 spiro atoms. The molecule has 2 aromatic rings. The topological polar surface area (TPSA) is 139 Å². The van der Waals surface area contributed by atoms with E-state index in [4.69, 9.17) is 14.5 Å². The molecule has 0 unspecified atom stereocenters. The first-order chi connectivity index (χ1) is 21.3. The van der Waals surface area contributed by atoms with Crippen molar-refractivity contribution in [3.63, 3.8) is 0 Å². The highest BCUT2D eigenvalue weighted by molar-refractivity contribution is 5.92. The van der Waals surface area contributed by atoms with Crippen molar-refractivity contribution < 1.29 is 28.7 Å². The lowest BCUT2D eigenvalue weighted by Crippen LogP contribution is -2.61. The van der Waals surface area contributed by atoms with Crippen LogP contribution in [0.4, 0.5) is 0 Å². The van der Waals surface area contributed by atoms with Crippen molar-refractivity contribution >= 4 is 40.7 Å². The summed E-state index contributed by atoms with van der Waals surface area (Å²) in [7, 11) is 0. The number of ether oxygens (including phenoxy) is 2. The van der Waals surface area contributed by atoms with E-state index in [1.165, 1.54) is 5.01 Å². The summed E-state index contributed by atoms with van der Waals surface area (Å²) in [6.07, 6.45) is 4.58. The molecule has 0 radical (unpaired) electrons. The van der Waals surface area contributed by atoms with E-state index in [1.807, 2.05) is 63.3 Å². The van der Waals surface area contributed by atoms with Crippen molar-refractivity contribution in [2.24, 2.45) is 11.3 Å². The Balaban J connectivity index is 1.55. The van der Waals surface area contributed by atoms with Gasteiger partial charge in [0.2, 0.25) is 5.91 Å². The van der Waals surface area contributed by atoms with Crippen LogP contribution < -0.4 is 16.1 Å². The molecule has 3 aliphatic heterocycles. The number of nitrogens with one attached hydrogen (secondary N) is 3. The Morgan fingerprint density at radius 2 is 1.73 bits per heavy atom. The van der Waals surface area contributed by atoms with Gasteiger partial charge in [0, 0.05) is 18.5 Å². The fraction of sp³-hybridized carbons (Fsp3) is 0.559. The molecule has 5 bridgehead atoms. The molecule has 11 heteroatoms. The third-order valence-electron chi connectivity index (χ3n) is 8.92. The number of aromatic nitrogens is 1. The number of benzene rings is 1. The molecule has 5 atom stereocenters. The van der Waals surface area contributed by atoms with Crippen molar-refractivity contribution in [3.05, 3.63) is 47.7 Å². The van der Waals surface area contributed by atoms with E-state index in [9.17, 15) is 19.2 Å². The van der Waals surface area contributed by atoms with E-state index >= 15 is 0 Å². The molecule has 11 nitrogen and oxygen atoms in total. The normalized spacial score (nSPS) is 30.6. The number of nitrogens with zero attached hydrogens (tertiary/aromatic N) is 2. The summed E-state index contributed by atoms with van der Waals surface area (Å²) >= 11 is 0. The summed E-state index contributed by atoms with van der Waals surface area (Å²) in [4.78, 5) is 59.1. The lowest BCUT2D eigenvalue weighted by Gasteiger charge is -2.42. The van der Waals surface area contributed by atoms with Gasteiger partial charge in [-0.05, 0) is 77.0 Å². The van der Waals surface area contributed by atoms with E-state index in [-0.39, 0.29) is 23.8 Å². The van der Waals surface area contributed by atoms with Crippen LogP contribution in [0.15, 0.2) is 36.4 Å². The monoisotopic (exact) mass is 619 g/mol. The summed E-state index contributed by atoms with van der Waals surface area (Å²) < 4.78 is 12.0. The lowest BCUT2D eigenvalue weighted by atomic mass is 9.73. The number of hydrazine groups is 1. The molecule has 5 rings (SSSR count). The highest BCUT2D eigenvalue weighted by Gasteiger charge is 2.47. The third-order valence-corrected chi connectivity index (χ3v) is 8.92. The minimum absolute atomic E-state index is 0.238. The Labute approximate surface area is 264 Å². The average molecular weight is 620 g/mol. The number of hydrogen-bond acceptors (Lipinski definition) is 8. The third kappa shape index (κ3) is 7.20. The van der Waals surface area contributed by atoms with Gasteiger partial charge in [-0.15, -0.1) is 0 Å². The molecule has 0 saturated carbocycles. The van der Waals surface area contributed by atoms with Crippen LogP contribution in [-0.4, -0.2) is 70.6 Å². The van der Waals surface area contributed by atoms with Crippen LogP contribution in [0.1, 0.15) is 84.5 Å². The van der Waals surface area contributed by atoms with Gasteiger partial charge in [0.25, 0.3) is 11.8 Å². The van der Waals surface area contributed by atoms with Gasteiger partial charge >= 0.3 is 5.97 Å². The van der Waals surface area contributed by atoms with Gasteiger partial charge in [0.15, 0.2) is 6.10 Å². The van der Waals surface area contributed by atoms with Crippen molar-refractivity contribution in [2.45, 2.75) is 97.1 Å². The van der Waals surface area contributed by atoms with E-state index in [0.717, 1.165) is 16.5 Å². The molecule has 0 aliphatic carbocycles. The Hall–Kier alpha value is -3.83. The first-order valence-corrected chi connectivity index (χ1v) is 15.9. The van der Waals surface area contributed by atoms with Crippen molar-refractivity contribution in [1.29, 1.82) is 0 Å². The number of carbonyl (C=O) groups excluding carboxylic acids is 4. The maximum absolute atomic E-state index is 14.1. The molecule has 4 heterocycles. The van der Waals surface area contributed by atoms with Crippen LogP contribution in [-0.2, 0) is 28.7 Å². The van der Waals surface area contributed by atoms with E-state index in [0.29, 0.717) is 44.5 Å². The largest absolute Gasteiger partial charge is 0.451 e. The van der Waals surface area contributed by atoms with Crippen LogP contribution in [0.2, 0.25) is 0 Å². The fourth-order valence-electron chi connectivity index (χ4n) is 6.38. The quantitative estimate of drug-likeness (QED) is 0.412. The second kappa shape index (κ2) is 12.9. The zero-order chi connectivity index (χ0) is 32.5. The van der Waals surface area contributed by atoms with E-state index in [1.54, 1.807) is 20.8 Å². The predicted octanol–water partition coefficient (Wildman–Crippen LogP) is 3.58. The summed E-state index contributed by atoms with van der Waals surface area (Å²) in [6.45, 7) is 11.7. The molecule has 3 amide bonds. The van der Waals surface area contributed by atoms with E-state index < -0.39 is 41.1 Å². The van der Waals surface area contributed by atoms with Crippen LogP contribution in [0.5, 0.6) is 0 Å². The Morgan fingerprint density at radius 1 is 1.00 bits per heavy atom. The van der Waals surface area contributed by atoms with Gasteiger partial charge in [-0.25, -0.2) is 5.43 Å². The Bertz CT molecular complexity index is 1510. The first-order valence-electron chi connectivity index (χ1n) is 15.9. The van der Waals surface area contributed by atoms with Crippen molar-refractivity contribution in [2.75, 3.05) is 13.2 Å². The van der Waals surface area contributed by atoms with Crippen molar-refractivity contribution in [1.82, 2.24) is 26.1 Å². The summed E-state index contributed by atoms with van der Waals surface area (Å²) in [5.74, 6) is -2.03. The molecule has 2 saturated heterocycles. The van der Waals surface area contributed by atoms with Crippen molar-refractivity contribution in [3.8, 4) is 0 Å². The standard InChI is InChI=1S/C34H45N5O6/c1-20(2)28-30(41)36-22(4)31(42)39-16-7-8-26(38-39)29(40)35-21(3)25-12-11-24-10-9-23(18-27(24)37-25)13-14-34(32(43)45-28)15-17-44-33(5,6)19-34/h9-14,18,20-22,26,28,38H,7-8,15-17,19H2,1-6H3,(H,35,40)(H,36,41)/b14-13+/t21-,22+,26+,28+,34+/m1/s1. The molecule has 1 aromatic carbocycles. The minimum Gasteiger partial charge on any atom is -0.451 e. The summed E-state index contributed by atoms with van der Waals surface area (Å²) in [6, 6.07) is 7.84. The molecular formula is C34H45N5O6. The molecule has 45 heavy (non-hydrogen) atoms. The molecular weight excluding hydrogens is 574 g/mol. The molecule has 3 N–H and O–H groups in total. The van der Waals surface area contributed by atoms with Crippen LogP contribution in [0.25, 0.3) is 17.0 Å². The van der Waals surface area contributed by atoms with Gasteiger partial charge in [0.05, 0.1) is 28.3 Å². The summed E-state index contributed by atoms with van der Waals surface area (Å²) in [5, 5.41) is 8.12. The maximum Gasteiger partial charge on any atom is 0.316 e. The predicted molar refractivity (Wildman–Crippen MR) is 169 cm³/mol. The van der Waals surface area contributed by atoms with Gasteiger partial charge in [0.1, 0.15) is 12.1 Å². The number of fused-ring (bicyclic) bond motifs is 4. The number of esters is 1. The maximum atomic E-state index is 14.1. The Kier molecular flexibility index (Phi) is 9.32. The van der Waals surface area contributed by atoms with Crippen LogP contribution in [0.3, 0.4) is 0 Å². The van der Waals surface area contributed by atoms with Gasteiger partial charge in [-0.2, -0.15) is 0 Å². The second-order valence-corrected chi connectivity index (χ2v) is 13.6. The van der Waals surface area contributed by atoms with E-state index in [2.05, 4.69) is 16.1 Å². The number of hydrogen-bond donors (Lipinski definition) is 3. The van der Waals surface area contributed by atoms with Gasteiger partial charge in [-0.3, -0.25) is 29.2 Å². The number of pyridine rings is 1. The molecule has 242 valence electrons. The SMILES string of the molecule is CC(C)[C@@H]1OC(=O)[C@@]2(/C=C/c3ccc4ccc(nc4c3)[C@@H](C)NC(=O)[C@@H]3CCCN(N3)C(=O)[C@H](C)NC1=O)CCOC(C)(C)C2. The smallest absolute Gasteiger partial charge is 0.316 e. The summed E-state index contributed by atoms with van der Waals surface area (Å²) in [5.41, 5.74) is 3.72. The van der Waals surface area contributed by atoms with Gasteiger partial charge < -0.3 is 20.1 Å².